The molecule has 6 heteroatoms. The molecule has 0 bridgehead atoms. The number of benzene rings is 1. The highest BCUT2D eigenvalue weighted by Gasteiger charge is 2.29. The number of Topliss-reactive ketones (excluding diaryl/α,β-unsaturated/α-hetero) is 1. The van der Waals surface area contributed by atoms with Gasteiger partial charge in [0.15, 0.2) is 5.78 Å². The van der Waals surface area contributed by atoms with Gasteiger partial charge < -0.3 is 0 Å². The van der Waals surface area contributed by atoms with Gasteiger partial charge in [-0.15, -0.1) is 0 Å². The number of pyridine rings is 1. The molecule has 0 N–H and O–H groups in total. The summed E-state index contributed by atoms with van der Waals surface area (Å²) >= 11 is 0. The number of halogens is 3. The molecule has 0 saturated carbocycles. The first-order chi connectivity index (χ1) is 11.8. The van der Waals surface area contributed by atoms with Crippen molar-refractivity contribution in [1.82, 2.24) is 9.61 Å². The van der Waals surface area contributed by atoms with Crippen molar-refractivity contribution in [2.24, 2.45) is 0 Å². The lowest BCUT2D eigenvalue weighted by atomic mass is 10.0. The Hall–Kier alpha value is -2.63. The smallest absolute Gasteiger partial charge is 0.294 e. The minimum Gasteiger partial charge on any atom is -0.294 e. The van der Waals surface area contributed by atoms with E-state index < -0.39 is 11.7 Å². The Bertz CT molecular complexity index is 924. The van der Waals surface area contributed by atoms with Crippen LogP contribution in [-0.4, -0.2) is 15.4 Å². The van der Waals surface area contributed by atoms with E-state index in [-0.39, 0.29) is 12.2 Å². The fraction of sp³-hybridized carbons (Fsp3) is 0.263. The van der Waals surface area contributed by atoms with Gasteiger partial charge in [-0.05, 0) is 55.7 Å². The second-order valence-electron chi connectivity index (χ2n) is 6.11. The number of carbonyl (C=O) groups excluding carboxylic acids is 1. The number of aryl methyl sites for hydroxylation is 3. The molecule has 3 nitrogen and oxygen atoms in total. The van der Waals surface area contributed by atoms with E-state index in [0.29, 0.717) is 23.2 Å². The lowest BCUT2D eigenvalue weighted by Crippen LogP contribution is -2.05. The van der Waals surface area contributed by atoms with Crippen molar-refractivity contribution in [2.45, 2.75) is 32.9 Å². The molecule has 0 aliphatic carbocycles. The number of hydrogen-bond acceptors (Lipinski definition) is 2. The summed E-state index contributed by atoms with van der Waals surface area (Å²) in [4.78, 5) is 12.6. The lowest BCUT2D eigenvalue weighted by molar-refractivity contribution is -0.137. The zero-order chi connectivity index (χ0) is 18.2. The van der Waals surface area contributed by atoms with Crippen molar-refractivity contribution in [3.63, 3.8) is 0 Å². The molecule has 0 atom stereocenters. The van der Waals surface area contributed by atoms with Gasteiger partial charge in [-0.1, -0.05) is 12.1 Å². The molecule has 0 aliphatic rings. The van der Waals surface area contributed by atoms with E-state index in [4.69, 9.17) is 0 Å². The summed E-state index contributed by atoms with van der Waals surface area (Å²) in [5, 5.41) is 4.34. The molecule has 0 saturated heterocycles. The maximum Gasteiger partial charge on any atom is 0.416 e. The van der Waals surface area contributed by atoms with Gasteiger partial charge in [-0.2, -0.15) is 18.3 Å². The summed E-state index contributed by atoms with van der Waals surface area (Å²) < 4.78 is 39.4. The van der Waals surface area contributed by atoms with Crippen molar-refractivity contribution in [2.75, 3.05) is 0 Å². The number of alkyl halides is 3. The number of fused-ring (bicyclic) bond motifs is 1. The molecule has 0 aliphatic heterocycles. The van der Waals surface area contributed by atoms with Crippen LogP contribution in [0.1, 0.15) is 39.2 Å². The zero-order valence-corrected chi connectivity index (χ0v) is 13.9. The molecule has 0 unspecified atom stereocenters. The Kier molecular flexibility index (Phi) is 4.37. The minimum absolute atomic E-state index is 0.0574. The van der Waals surface area contributed by atoms with Crippen LogP contribution in [0.3, 0.4) is 0 Å². The van der Waals surface area contributed by atoms with Crippen LogP contribution < -0.4 is 0 Å². The van der Waals surface area contributed by atoms with Gasteiger partial charge in [0.1, 0.15) is 0 Å². The minimum atomic E-state index is -4.35. The highest BCUT2D eigenvalue weighted by molar-refractivity contribution is 6.03. The van der Waals surface area contributed by atoms with Crippen molar-refractivity contribution in [3.05, 3.63) is 70.5 Å². The van der Waals surface area contributed by atoms with E-state index in [1.165, 1.54) is 12.1 Å². The third kappa shape index (κ3) is 3.57. The van der Waals surface area contributed by atoms with Crippen molar-refractivity contribution in [3.8, 4) is 0 Å². The Morgan fingerprint density at radius 2 is 1.80 bits per heavy atom. The average molecular weight is 346 g/mol. The number of carbonyl (C=O) groups is 1. The first kappa shape index (κ1) is 17.2. The summed E-state index contributed by atoms with van der Waals surface area (Å²) in [5.41, 5.74) is 3.04. The predicted molar refractivity (Wildman–Crippen MR) is 88.8 cm³/mol. The fourth-order valence-corrected chi connectivity index (χ4v) is 2.86. The maximum absolute atomic E-state index is 12.6. The highest BCUT2D eigenvalue weighted by Crippen LogP contribution is 2.29. The Morgan fingerprint density at radius 3 is 2.44 bits per heavy atom. The van der Waals surface area contributed by atoms with Crippen molar-refractivity contribution >= 4 is 11.3 Å². The van der Waals surface area contributed by atoms with Crippen LogP contribution in [0.15, 0.2) is 42.6 Å². The molecule has 0 fully saturated rings. The topological polar surface area (TPSA) is 34.4 Å². The molecule has 0 spiro atoms. The number of aromatic nitrogens is 2. The van der Waals surface area contributed by atoms with Crippen molar-refractivity contribution in [1.29, 1.82) is 0 Å². The molecule has 1 aromatic carbocycles. The quantitative estimate of drug-likeness (QED) is 0.637. The van der Waals surface area contributed by atoms with E-state index in [2.05, 4.69) is 5.10 Å². The molecular weight excluding hydrogens is 329 g/mol. The second kappa shape index (κ2) is 6.35. The first-order valence-corrected chi connectivity index (χ1v) is 7.90. The summed E-state index contributed by atoms with van der Waals surface area (Å²) in [6.45, 7) is 3.73. The van der Waals surface area contributed by atoms with Crippen LogP contribution in [-0.2, 0) is 12.6 Å². The van der Waals surface area contributed by atoms with Crippen LogP contribution in [0.5, 0.6) is 0 Å². The largest absolute Gasteiger partial charge is 0.416 e. The number of ketones is 1. The summed E-state index contributed by atoms with van der Waals surface area (Å²) in [6.07, 6.45) is -1.92. The lowest BCUT2D eigenvalue weighted by Gasteiger charge is -2.07. The van der Waals surface area contributed by atoms with Gasteiger partial charge in [0, 0.05) is 12.6 Å². The van der Waals surface area contributed by atoms with Crippen LogP contribution in [0, 0.1) is 13.8 Å². The molecule has 2 aromatic heterocycles. The van der Waals surface area contributed by atoms with Gasteiger partial charge in [0.05, 0.1) is 22.3 Å². The zero-order valence-electron chi connectivity index (χ0n) is 13.9. The SMILES string of the molecule is Cc1ccn2nc(C)c(C(=O)CCc3ccc(C(F)(F)F)cc3)c2c1. The molecule has 0 amide bonds. The van der Waals surface area contributed by atoms with E-state index >= 15 is 0 Å². The van der Waals surface area contributed by atoms with Gasteiger partial charge >= 0.3 is 6.18 Å². The number of rotatable bonds is 4. The standard InChI is InChI=1S/C19H17F3N2O/c1-12-9-10-24-16(11-12)18(13(2)23-24)17(25)8-5-14-3-6-15(7-4-14)19(20,21)22/h3-4,6-7,9-11H,5,8H2,1-2H3. The molecule has 130 valence electrons. The number of hydrogen-bond donors (Lipinski definition) is 0. The van der Waals surface area contributed by atoms with Crippen LogP contribution in [0.4, 0.5) is 13.2 Å². The third-order valence-corrected chi connectivity index (χ3v) is 4.17. The summed E-state index contributed by atoms with van der Waals surface area (Å²) in [7, 11) is 0. The molecule has 0 radical (unpaired) electrons. The Morgan fingerprint density at radius 1 is 1.12 bits per heavy atom. The first-order valence-electron chi connectivity index (χ1n) is 7.90. The maximum atomic E-state index is 12.6. The molecule has 25 heavy (non-hydrogen) atoms. The van der Waals surface area contributed by atoms with E-state index in [1.807, 2.05) is 25.3 Å². The second-order valence-corrected chi connectivity index (χ2v) is 6.11. The predicted octanol–water partition coefficient (Wildman–Crippen LogP) is 4.79. The fourth-order valence-electron chi connectivity index (χ4n) is 2.86. The Labute approximate surface area is 143 Å². The molecule has 2 heterocycles. The van der Waals surface area contributed by atoms with Gasteiger partial charge in [-0.3, -0.25) is 4.79 Å². The van der Waals surface area contributed by atoms with Crippen LogP contribution in [0.2, 0.25) is 0 Å². The monoisotopic (exact) mass is 346 g/mol. The summed E-state index contributed by atoms with van der Waals surface area (Å²) in [6, 6.07) is 8.75. The highest BCUT2D eigenvalue weighted by atomic mass is 19.4. The van der Waals surface area contributed by atoms with Crippen LogP contribution >= 0.6 is 0 Å². The Balaban J connectivity index is 1.77. The van der Waals surface area contributed by atoms with E-state index in [0.717, 1.165) is 23.2 Å². The number of nitrogens with zero attached hydrogens (tertiary/aromatic N) is 2. The van der Waals surface area contributed by atoms with Crippen LogP contribution in [0.25, 0.3) is 5.52 Å². The van der Waals surface area contributed by atoms with E-state index in [9.17, 15) is 18.0 Å². The van der Waals surface area contributed by atoms with Gasteiger partial charge in [-0.25, -0.2) is 4.52 Å². The van der Waals surface area contributed by atoms with Gasteiger partial charge in [0.2, 0.25) is 0 Å². The van der Waals surface area contributed by atoms with Crippen molar-refractivity contribution < 1.29 is 18.0 Å². The average Bonchev–Trinajstić information content (AvgIpc) is 2.87. The summed E-state index contributed by atoms with van der Waals surface area (Å²) in [5.74, 6) is -0.0574. The molecule has 3 rings (SSSR count). The normalized spacial score (nSPS) is 11.9. The van der Waals surface area contributed by atoms with E-state index in [1.54, 1.807) is 11.4 Å². The molecule has 3 aromatic rings. The van der Waals surface area contributed by atoms with Gasteiger partial charge in [0.25, 0.3) is 0 Å². The molecular formula is C19H17F3N2O. The third-order valence-electron chi connectivity index (χ3n) is 4.17.